The van der Waals surface area contributed by atoms with Gasteiger partial charge in [0, 0.05) is 6.61 Å². The minimum atomic E-state index is -0.117. The van der Waals surface area contributed by atoms with E-state index in [1.54, 1.807) is 6.92 Å². The third-order valence-electron chi connectivity index (χ3n) is 3.38. The second-order valence-electron chi connectivity index (χ2n) is 4.73. The number of nitrogens with one attached hydrogen (secondary N) is 1. The van der Waals surface area contributed by atoms with Crippen LogP contribution in [0.5, 0.6) is 0 Å². The van der Waals surface area contributed by atoms with Crippen molar-refractivity contribution < 1.29 is 14.1 Å². The Hall–Kier alpha value is -1.36. The summed E-state index contributed by atoms with van der Waals surface area (Å²) < 4.78 is 10.6. The summed E-state index contributed by atoms with van der Waals surface area (Å²) in [4.78, 5) is 12.2. The maximum atomic E-state index is 12.2. The maximum Gasteiger partial charge on any atom is 0.257 e. The molecule has 0 spiro atoms. The Labute approximate surface area is 107 Å². The topological polar surface area (TPSA) is 64.4 Å². The molecule has 2 atom stereocenters. The molecule has 1 saturated heterocycles. The van der Waals surface area contributed by atoms with E-state index in [2.05, 4.69) is 10.5 Å². The maximum absolute atomic E-state index is 12.2. The number of hydrogen-bond acceptors (Lipinski definition) is 4. The van der Waals surface area contributed by atoms with E-state index in [1.165, 1.54) is 0 Å². The van der Waals surface area contributed by atoms with Crippen LogP contribution in [-0.4, -0.2) is 29.8 Å². The van der Waals surface area contributed by atoms with Crippen molar-refractivity contribution >= 4 is 5.91 Å². The van der Waals surface area contributed by atoms with Crippen molar-refractivity contribution in [3.63, 3.8) is 0 Å². The van der Waals surface area contributed by atoms with Crippen LogP contribution in [0.1, 0.15) is 48.5 Å². The van der Waals surface area contributed by atoms with Gasteiger partial charge in [0.1, 0.15) is 11.3 Å². The van der Waals surface area contributed by atoms with Crippen LogP contribution in [0.3, 0.4) is 0 Å². The fraction of sp³-hybridized carbons (Fsp3) is 0.692. The fourth-order valence-electron chi connectivity index (χ4n) is 2.32. The van der Waals surface area contributed by atoms with E-state index in [9.17, 15) is 4.79 Å². The number of ether oxygens (including phenoxy) is 1. The van der Waals surface area contributed by atoms with E-state index in [0.29, 0.717) is 23.4 Å². The Kier molecular flexibility index (Phi) is 4.01. The smallest absolute Gasteiger partial charge is 0.257 e. The number of rotatable bonds is 4. The van der Waals surface area contributed by atoms with E-state index in [0.717, 1.165) is 19.4 Å². The normalized spacial score (nSPS) is 20.9. The summed E-state index contributed by atoms with van der Waals surface area (Å²) in [6.45, 7) is 6.48. The van der Waals surface area contributed by atoms with Crippen LogP contribution >= 0.6 is 0 Å². The molecule has 1 amide bonds. The molecule has 5 heteroatoms. The first-order valence-corrected chi connectivity index (χ1v) is 6.51. The summed E-state index contributed by atoms with van der Waals surface area (Å²) in [6, 6.07) is 0.0130. The molecule has 1 aliphatic heterocycles. The van der Waals surface area contributed by atoms with Crippen molar-refractivity contribution in [2.75, 3.05) is 6.61 Å². The number of amides is 1. The first-order valence-electron chi connectivity index (χ1n) is 6.51. The molecular weight excluding hydrogens is 232 g/mol. The lowest BCUT2D eigenvalue weighted by Crippen LogP contribution is -2.41. The van der Waals surface area contributed by atoms with Gasteiger partial charge >= 0.3 is 0 Å². The second-order valence-corrected chi connectivity index (χ2v) is 4.73. The van der Waals surface area contributed by atoms with Crippen LogP contribution in [0.25, 0.3) is 0 Å². The van der Waals surface area contributed by atoms with Gasteiger partial charge in [0.25, 0.3) is 5.91 Å². The van der Waals surface area contributed by atoms with Crippen molar-refractivity contribution in [2.45, 2.75) is 52.2 Å². The summed E-state index contributed by atoms with van der Waals surface area (Å²) in [7, 11) is 0. The average Bonchev–Trinajstić information content (AvgIpc) is 2.97. The standard InChI is InChI=1S/C13H20N2O3/c1-4-10-12(9(3)18-15-10)13(16)14-8(2)11-6-5-7-17-11/h8,11H,4-7H2,1-3H3,(H,14,16). The lowest BCUT2D eigenvalue weighted by molar-refractivity contribution is 0.0711. The summed E-state index contributed by atoms with van der Waals surface area (Å²) >= 11 is 0. The summed E-state index contributed by atoms with van der Waals surface area (Å²) in [5.74, 6) is 0.456. The summed E-state index contributed by atoms with van der Waals surface area (Å²) in [5.41, 5.74) is 1.28. The van der Waals surface area contributed by atoms with Crippen LogP contribution < -0.4 is 5.32 Å². The molecular formula is C13H20N2O3. The Morgan fingerprint density at radius 1 is 1.61 bits per heavy atom. The molecule has 0 bridgehead atoms. The highest BCUT2D eigenvalue weighted by molar-refractivity contribution is 5.96. The molecule has 1 N–H and O–H groups in total. The van der Waals surface area contributed by atoms with E-state index >= 15 is 0 Å². The van der Waals surface area contributed by atoms with E-state index in [-0.39, 0.29) is 18.1 Å². The van der Waals surface area contributed by atoms with Crippen LogP contribution in [0.2, 0.25) is 0 Å². The predicted octanol–water partition coefficient (Wildman–Crippen LogP) is 1.84. The highest BCUT2D eigenvalue weighted by atomic mass is 16.5. The van der Waals surface area contributed by atoms with Gasteiger partial charge in [-0.05, 0) is 33.1 Å². The molecule has 1 fully saturated rings. The third-order valence-corrected chi connectivity index (χ3v) is 3.38. The van der Waals surface area contributed by atoms with Gasteiger partial charge in [0.05, 0.1) is 17.8 Å². The first kappa shape index (κ1) is 13.1. The Morgan fingerprint density at radius 2 is 2.39 bits per heavy atom. The highest BCUT2D eigenvalue weighted by Gasteiger charge is 2.26. The molecule has 0 radical (unpaired) electrons. The Morgan fingerprint density at radius 3 is 3.00 bits per heavy atom. The van der Waals surface area contributed by atoms with Crippen molar-refractivity contribution in [1.82, 2.24) is 10.5 Å². The quantitative estimate of drug-likeness (QED) is 0.888. The second kappa shape index (κ2) is 5.52. The highest BCUT2D eigenvalue weighted by Crippen LogP contribution is 2.18. The minimum absolute atomic E-state index is 0.0130. The molecule has 1 aromatic rings. The number of carbonyl (C=O) groups excluding carboxylic acids is 1. The zero-order valence-electron chi connectivity index (χ0n) is 11.2. The molecule has 2 heterocycles. The van der Waals surface area contributed by atoms with E-state index in [1.807, 2.05) is 13.8 Å². The van der Waals surface area contributed by atoms with Gasteiger partial charge in [-0.2, -0.15) is 0 Å². The van der Waals surface area contributed by atoms with E-state index < -0.39 is 0 Å². The molecule has 0 saturated carbocycles. The average molecular weight is 252 g/mol. The summed E-state index contributed by atoms with van der Waals surface area (Å²) in [6.07, 6.45) is 2.88. The molecule has 0 aromatic carbocycles. The third kappa shape index (κ3) is 2.56. The van der Waals surface area contributed by atoms with E-state index in [4.69, 9.17) is 9.26 Å². The van der Waals surface area contributed by atoms with Crippen molar-refractivity contribution in [1.29, 1.82) is 0 Å². The van der Waals surface area contributed by atoms with Crippen LogP contribution in [-0.2, 0) is 11.2 Å². The number of aromatic nitrogens is 1. The molecule has 18 heavy (non-hydrogen) atoms. The van der Waals surface area contributed by atoms with Crippen molar-refractivity contribution in [3.05, 3.63) is 17.0 Å². The zero-order chi connectivity index (χ0) is 13.1. The van der Waals surface area contributed by atoms with Gasteiger partial charge in [-0.3, -0.25) is 4.79 Å². The molecule has 1 aliphatic rings. The van der Waals surface area contributed by atoms with Crippen LogP contribution in [0.4, 0.5) is 0 Å². The molecule has 2 unspecified atom stereocenters. The zero-order valence-corrected chi connectivity index (χ0v) is 11.2. The minimum Gasteiger partial charge on any atom is -0.376 e. The number of hydrogen-bond donors (Lipinski definition) is 1. The first-order chi connectivity index (χ1) is 8.63. The molecule has 5 nitrogen and oxygen atoms in total. The van der Waals surface area contributed by atoms with Crippen LogP contribution in [0.15, 0.2) is 4.52 Å². The number of carbonyl (C=O) groups is 1. The molecule has 2 rings (SSSR count). The molecule has 0 aliphatic carbocycles. The predicted molar refractivity (Wildman–Crippen MR) is 66.5 cm³/mol. The van der Waals surface area contributed by atoms with Gasteiger partial charge in [0.2, 0.25) is 0 Å². The van der Waals surface area contributed by atoms with Crippen LogP contribution in [0, 0.1) is 6.92 Å². The lowest BCUT2D eigenvalue weighted by Gasteiger charge is -2.19. The monoisotopic (exact) mass is 252 g/mol. The van der Waals surface area contributed by atoms with Gasteiger partial charge < -0.3 is 14.6 Å². The van der Waals surface area contributed by atoms with Gasteiger partial charge in [0.15, 0.2) is 0 Å². The van der Waals surface area contributed by atoms with Gasteiger partial charge in [-0.25, -0.2) is 0 Å². The summed E-state index contributed by atoms with van der Waals surface area (Å²) in [5, 5.41) is 6.87. The van der Waals surface area contributed by atoms with Gasteiger partial charge in [-0.15, -0.1) is 0 Å². The van der Waals surface area contributed by atoms with Gasteiger partial charge in [-0.1, -0.05) is 12.1 Å². The number of aryl methyl sites for hydroxylation is 2. The molecule has 100 valence electrons. The largest absolute Gasteiger partial charge is 0.376 e. The molecule has 1 aromatic heterocycles. The fourth-order valence-corrected chi connectivity index (χ4v) is 2.32. The SMILES string of the molecule is CCc1noc(C)c1C(=O)NC(C)C1CCCO1. The van der Waals surface area contributed by atoms with Crippen molar-refractivity contribution in [2.24, 2.45) is 0 Å². The number of nitrogens with zero attached hydrogens (tertiary/aromatic N) is 1. The van der Waals surface area contributed by atoms with Crippen molar-refractivity contribution in [3.8, 4) is 0 Å². The Bertz CT molecular complexity index is 422. The Balaban J connectivity index is 2.04. The lowest BCUT2D eigenvalue weighted by atomic mass is 10.1.